The van der Waals surface area contributed by atoms with Crippen molar-refractivity contribution in [3.05, 3.63) is 143 Å². The van der Waals surface area contributed by atoms with Crippen LogP contribution in [-0.4, -0.2) is 40.3 Å². The number of H-pyrrole nitrogens is 4. The quantitative estimate of drug-likeness (QED) is 0.0561. The van der Waals surface area contributed by atoms with Crippen LogP contribution in [0.5, 0.6) is 0 Å². The summed E-state index contributed by atoms with van der Waals surface area (Å²) in [7, 11) is 7.52. The second-order valence-electron chi connectivity index (χ2n) is 15.6. The summed E-state index contributed by atoms with van der Waals surface area (Å²) in [5.41, 5.74) is 4.03. The summed E-state index contributed by atoms with van der Waals surface area (Å²) < 4.78 is 57.3. The van der Waals surface area contributed by atoms with Gasteiger partial charge in [0.2, 0.25) is 46.6 Å². The van der Waals surface area contributed by atoms with E-state index in [-0.39, 0.29) is 86.2 Å². The van der Waals surface area contributed by atoms with E-state index in [9.17, 15) is 17.6 Å². The molecule has 70 heavy (non-hydrogen) atoms. The van der Waals surface area contributed by atoms with E-state index in [1.54, 1.807) is 22.5 Å². The van der Waals surface area contributed by atoms with Gasteiger partial charge in [-0.25, -0.2) is 0 Å². The maximum atomic E-state index is 12.8. The number of aromatic amines is 4. The second-order valence-corrected chi connectivity index (χ2v) is 15.6. The molecule has 8 aromatic rings. The van der Waals surface area contributed by atoms with Gasteiger partial charge in [0.1, 0.15) is 0 Å². The normalized spacial score (nSPS) is 10.4. The summed E-state index contributed by atoms with van der Waals surface area (Å²) in [4.78, 5) is 13.0. The predicted octanol–water partition coefficient (Wildman–Crippen LogP) is 8.07. The van der Waals surface area contributed by atoms with Gasteiger partial charge >= 0.3 is 6.18 Å². The van der Waals surface area contributed by atoms with Crippen LogP contribution in [0.15, 0.2) is 78.9 Å². The number of halogens is 4. The molecule has 20 heteroatoms. The molecule has 0 unspecified atom stereocenters. The van der Waals surface area contributed by atoms with Crippen molar-refractivity contribution in [2.75, 3.05) is 0 Å². The zero-order valence-corrected chi connectivity index (χ0v) is 50.2. The van der Waals surface area contributed by atoms with Gasteiger partial charge in [-0.1, -0.05) is 77.3 Å². The third-order valence-electron chi connectivity index (χ3n) is 9.98. The van der Waals surface area contributed by atoms with Gasteiger partial charge in [0.25, 0.3) is 0 Å². The zero-order chi connectivity index (χ0) is 47.8. The fraction of sp³-hybridized carbons (Fsp3) is 0.360. The van der Waals surface area contributed by atoms with Crippen LogP contribution in [0.25, 0.3) is 45.6 Å². The Morgan fingerprint density at radius 2 is 0.871 bits per heavy atom. The third kappa shape index (κ3) is 18.7. The largest absolute Gasteiger partial charge is 0.381 e. The van der Waals surface area contributed by atoms with E-state index >= 15 is 0 Å². The molecule has 4 aromatic carbocycles. The van der Waals surface area contributed by atoms with E-state index in [1.165, 1.54) is 23.8 Å². The number of hydrogen-bond acceptors (Lipinski definition) is 4. The van der Waals surface area contributed by atoms with Crippen LogP contribution in [0.1, 0.15) is 87.8 Å². The molecule has 0 spiro atoms. The van der Waals surface area contributed by atoms with Crippen molar-refractivity contribution in [3.63, 3.8) is 0 Å². The number of aryl methyl sites for hydroxylation is 9. The Labute approximate surface area is 462 Å². The molecule has 0 aliphatic heterocycles. The molecule has 0 bridgehead atoms. The number of nitrogens with one attached hydrogen (secondary N) is 4. The predicted molar refractivity (Wildman–Crippen MR) is 242 cm³/mol. The third-order valence-corrected chi connectivity index (χ3v) is 9.98. The number of rotatable bonds is 12. The van der Waals surface area contributed by atoms with Crippen molar-refractivity contribution in [1.29, 1.82) is 0 Å². The van der Waals surface area contributed by atoms with Gasteiger partial charge < -0.3 is 0 Å². The molecule has 0 aliphatic carbocycles. The number of hydrogen-bond donors (Lipinski definition) is 4. The minimum Gasteiger partial charge on any atom is -0.265 e. The fourth-order valence-corrected chi connectivity index (χ4v) is 6.82. The summed E-state index contributed by atoms with van der Waals surface area (Å²) in [5, 5.41) is 17.5. The topological polar surface area (TPSA) is 130 Å². The first-order valence-electron chi connectivity index (χ1n) is 22.2. The van der Waals surface area contributed by atoms with Crippen LogP contribution < -0.4 is 18.7 Å². The van der Waals surface area contributed by atoms with Crippen molar-refractivity contribution >= 4 is 0 Å². The summed E-state index contributed by atoms with van der Waals surface area (Å²) in [6.45, 7) is 10.5. The second kappa shape index (κ2) is 31.3. The standard InChI is InChI=1S/C13H13F3N3.C13H16N3.C12H13FN3.C12H14N3.4Ir/c1-3-4-11-17-12(19(2)18-11)9-5-7-10(8-6-9)13(14,15)16;1-4-6-12-14-13(16(3)15-12)11-8-5-7-10(2)9-11;1-3-4-11-14-12(16(2)15-11)9-5-7-10(13)8-6-9;1-3-7-11-13-12(15(2)14-11)10-8-5-4-6-9-10;;;;/h5,7-8H,3-4H2,1-2H3;5,7,9H,4,6H2,1-3H3;5,7-8H,3-4H2,1-2H3;4-6,8H,3,7H2,1-2H3;;;;/q4*-1;;;;/p+4. The summed E-state index contributed by atoms with van der Waals surface area (Å²) in [5.74, 6) is 7.08. The SMILES string of the molecule is CCCc1n[n+](C)c(-c2[c-]cc(C(F)(F)F)cc2)[nH]1.CCCc1n[n+](C)c(-c2[c-]cc(F)cc2)[nH]1.CCCc1n[n+](C)c(-c2[c-]ccc(C)c2)[nH]1.CCCc1n[n+](C)c(-c2[c-]cccc2)[nH]1.[Ir].[Ir].[Ir].[Ir]. The molecule has 0 fully saturated rings. The minimum absolute atomic E-state index is 0. The van der Waals surface area contributed by atoms with Crippen LogP contribution in [0.3, 0.4) is 0 Å². The van der Waals surface area contributed by atoms with E-state index in [0.717, 1.165) is 121 Å². The van der Waals surface area contributed by atoms with E-state index < -0.39 is 11.7 Å². The molecule has 384 valence electrons. The van der Waals surface area contributed by atoms with Gasteiger partial charge in [0, 0.05) is 112 Å². The van der Waals surface area contributed by atoms with Crippen LogP contribution in [0.2, 0.25) is 0 Å². The molecule has 12 nitrogen and oxygen atoms in total. The van der Waals surface area contributed by atoms with E-state index in [4.69, 9.17) is 0 Å². The zero-order valence-electron chi connectivity index (χ0n) is 40.6. The number of benzene rings is 4. The Hall–Kier alpha value is -4.24. The first-order chi connectivity index (χ1) is 31.6. The maximum Gasteiger partial charge on any atom is 0.381 e. The van der Waals surface area contributed by atoms with E-state index in [0.29, 0.717) is 11.4 Å². The van der Waals surface area contributed by atoms with E-state index in [1.807, 2.05) is 73.8 Å². The molecular formula is C50H60F4Ir4N12. The van der Waals surface area contributed by atoms with Gasteiger partial charge in [-0.15, -0.1) is 109 Å². The Bertz CT molecular complexity index is 2720. The van der Waals surface area contributed by atoms with Gasteiger partial charge in [0.15, 0.2) is 0 Å². The molecular weight excluding hydrogens is 1610 g/mol. The molecule has 4 N–H and O–H groups in total. The fourth-order valence-electron chi connectivity index (χ4n) is 6.82. The first kappa shape index (κ1) is 63.8. The Balaban J connectivity index is 0.000000459. The van der Waals surface area contributed by atoms with Crippen molar-refractivity contribution < 1.29 is 117 Å². The van der Waals surface area contributed by atoms with Crippen molar-refractivity contribution in [3.8, 4) is 45.6 Å². The average Bonchev–Trinajstić information content (AvgIpc) is 4.07. The van der Waals surface area contributed by atoms with Gasteiger partial charge in [-0.2, -0.15) is 31.9 Å². The molecule has 0 saturated carbocycles. The minimum atomic E-state index is -4.33. The molecule has 0 atom stereocenters. The van der Waals surface area contributed by atoms with Gasteiger partial charge in [0.05, 0.1) is 28.2 Å². The average molecular weight is 1670 g/mol. The van der Waals surface area contributed by atoms with Gasteiger partial charge in [-0.05, 0) is 31.2 Å². The van der Waals surface area contributed by atoms with Crippen molar-refractivity contribution in [1.82, 2.24) is 40.3 Å². The smallest absolute Gasteiger partial charge is 0.265 e. The Kier molecular flexibility index (Phi) is 28.5. The number of alkyl halides is 3. The molecule has 4 heterocycles. The maximum absolute atomic E-state index is 12.8. The summed E-state index contributed by atoms with van der Waals surface area (Å²) in [6.07, 6.45) is 3.54. The van der Waals surface area contributed by atoms with E-state index in [2.05, 4.69) is 98.4 Å². The monoisotopic (exact) mass is 1680 g/mol. The van der Waals surface area contributed by atoms with Crippen LogP contribution in [0, 0.1) is 37.0 Å². The Morgan fingerprint density at radius 1 is 0.486 bits per heavy atom. The van der Waals surface area contributed by atoms with Crippen LogP contribution in [0.4, 0.5) is 17.6 Å². The molecule has 4 radical (unpaired) electrons. The number of aromatic nitrogens is 12. The molecule has 0 aliphatic rings. The molecule has 4 aromatic heterocycles. The summed E-state index contributed by atoms with van der Waals surface area (Å²) >= 11 is 0. The Morgan fingerprint density at radius 3 is 1.20 bits per heavy atom. The first-order valence-corrected chi connectivity index (χ1v) is 22.2. The number of nitrogens with zero attached hydrogens (tertiary/aromatic N) is 8. The molecule has 8 rings (SSSR count). The molecule has 0 saturated heterocycles. The van der Waals surface area contributed by atoms with Crippen LogP contribution >= 0.6 is 0 Å². The van der Waals surface area contributed by atoms with Crippen LogP contribution in [-0.2, 0) is 140 Å². The molecule has 0 amide bonds. The van der Waals surface area contributed by atoms with Crippen molar-refractivity contribution in [2.24, 2.45) is 28.2 Å². The van der Waals surface area contributed by atoms with Crippen molar-refractivity contribution in [2.45, 2.75) is 92.2 Å². The van der Waals surface area contributed by atoms with Gasteiger partial charge in [-0.3, -0.25) is 24.3 Å². The summed E-state index contributed by atoms with van der Waals surface area (Å²) in [6, 6.07) is 33.8.